The number of nitrogens with zero attached hydrogens (tertiary/aromatic N) is 1. The van der Waals surface area contributed by atoms with Crippen LogP contribution in [0, 0.1) is 11.7 Å². The van der Waals surface area contributed by atoms with Crippen LogP contribution in [0.15, 0.2) is 91.0 Å². The van der Waals surface area contributed by atoms with Gasteiger partial charge >= 0.3 is 0 Å². The summed E-state index contributed by atoms with van der Waals surface area (Å²) in [7, 11) is 0. The second-order valence-electron chi connectivity index (χ2n) is 7.23. The van der Waals surface area contributed by atoms with Gasteiger partial charge in [-0.1, -0.05) is 78.9 Å². The number of benzene rings is 3. The first-order valence-corrected chi connectivity index (χ1v) is 9.54. The van der Waals surface area contributed by atoms with Crippen molar-refractivity contribution in [2.45, 2.75) is 13.0 Å². The van der Waals surface area contributed by atoms with Gasteiger partial charge in [0.2, 0.25) is 0 Å². The summed E-state index contributed by atoms with van der Waals surface area (Å²) in [5.41, 5.74) is 5.16. The van der Waals surface area contributed by atoms with Gasteiger partial charge in [-0.25, -0.2) is 4.39 Å². The second-order valence-corrected chi connectivity index (χ2v) is 7.23. The zero-order valence-corrected chi connectivity index (χ0v) is 15.4. The molecule has 0 N–H and O–H groups in total. The Morgan fingerprint density at radius 3 is 2.07 bits per heavy atom. The van der Waals surface area contributed by atoms with Gasteiger partial charge in [0.25, 0.3) is 0 Å². The molecule has 0 radical (unpaired) electrons. The Balaban J connectivity index is 1.58. The summed E-state index contributed by atoms with van der Waals surface area (Å²) in [6.07, 6.45) is 3.32. The molecule has 4 rings (SSSR count). The third-order valence-corrected chi connectivity index (χ3v) is 5.24. The first-order valence-electron chi connectivity index (χ1n) is 9.54. The Morgan fingerprint density at radius 1 is 0.778 bits per heavy atom. The first-order chi connectivity index (χ1) is 13.3. The van der Waals surface area contributed by atoms with Crippen molar-refractivity contribution >= 4 is 5.57 Å². The quantitative estimate of drug-likeness (QED) is 0.576. The Hall–Kier alpha value is -2.71. The molecule has 2 heteroatoms. The molecule has 3 aromatic rings. The van der Waals surface area contributed by atoms with Crippen molar-refractivity contribution < 1.29 is 4.39 Å². The highest BCUT2D eigenvalue weighted by Gasteiger charge is 2.24. The molecular formula is C25H24FN. The Bertz CT molecular complexity index is 885. The highest BCUT2D eigenvalue weighted by molar-refractivity contribution is 5.69. The Labute approximate surface area is 160 Å². The molecule has 1 aliphatic heterocycles. The minimum absolute atomic E-state index is 0.180. The molecule has 0 aliphatic carbocycles. The summed E-state index contributed by atoms with van der Waals surface area (Å²) in [6.45, 7) is 2.89. The van der Waals surface area contributed by atoms with Gasteiger partial charge in [0.15, 0.2) is 0 Å². The topological polar surface area (TPSA) is 3.24 Å². The van der Waals surface area contributed by atoms with Crippen LogP contribution in [0.5, 0.6) is 0 Å². The fourth-order valence-electron chi connectivity index (χ4n) is 3.92. The van der Waals surface area contributed by atoms with Gasteiger partial charge in [-0.2, -0.15) is 0 Å². The van der Waals surface area contributed by atoms with Gasteiger partial charge in [-0.3, -0.25) is 4.90 Å². The van der Waals surface area contributed by atoms with Crippen LogP contribution >= 0.6 is 0 Å². The fourth-order valence-corrected chi connectivity index (χ4v) is 3.92. The second kappa shape index (κ2) is 8.32. The average molecular weight is 357 g/mol. The predicted molar refractivity (Wildman–Crippen MR) is 110 cm³/mol. The smallest absolute Gasteiger partial charge is 0.123 e. The van der Waals surface area contributed by atoms with E-state index in [0.29, 0.717) is 5.92 Å². The molecule has 0 saturated carbocycles. The van der Waals surface area contributed by atoms with E-state index in [2.05, 4.69) is 71.6 Å². The molecule has 3 aromatic carbocycles. The molecule has 0 amide bonds. The van der Waals surface area contributed by atoms with Gasteiger partial charge in [0.1, 0.15) is 5.82 Å². The summed E-state index contributed by atoms with van der Waals surface area (Å²) in [6, 6.07) is 28.2. The lowest BCUT2D eigenvalue weighted by molar-refractivity contribution is 0.256. The van der Waals surface area contributed by atoms with E-state index < -0.39 is 0 Å². The maximum atomic E-state index is 13.4. The van der Waals surface area contributed by atoms with E-state index in [0.717, 1.165) is 31.6 Å². The van der Waals surface area contributed by atoms with Crippen molar-refractivity contribution in [3.63, 3.8) is 0 Å². The van der Waals surface area contributed by atoms with E-state index in [1.54, 1.807) is 12.1 Å². The number of hydrogen-bond acceptors (Lipinski definition) is 1. The lowest BCUT2D eigenvalue weighted by Gasteiger charge is -2.33. The molecule has 1 heterocycles. The normalized spacial score (nSPS) is 17.5. The molecule has 1 unspecified atom stereocenters. The third-order valence-electron chi connectivity index (χ3n) is 5.24. The number of hydrogen-bond donors (Lipinski definition) is 0. The fraction of sp³-hybridized carbons (Fsp3) is 0.200. The van der Waals surface area contributed by atoms with Crippen LogP contribution in [0.4, 0.5) is 4.39 Å². The molecule has 0 bridgehead atoms. The molecule has 0 saturated heterocycles. The maximum absolute atomic E-state index is 13.4. The van der Waals surface area contributed by atoms with Crippen molar-refractivity contribution in [2.75, 3.05) is 13.1 Å². The van der Waals surface area contributed by atoms with Crippen LogP contribution in [-0.4, -0.2) is 18.0 Å². The van der Waals surface area contributed by atoms with E-state index >= 15 is 0 Å². The average Bonchev–Trinajstić information content (AvgIpc) is 2.71. The van der Waals surface area contributed by atoms with Crippen molar-refractivity contribution in [1.29, 1.82) is 0 Å². The number of halogens is 1. The lowest BCUT2D eigenvalue weighted by atomic mass is 9.84. The van der Waals surface area contributed by atoms with Crippen LogP contribution in [0.25, 0.3) is 5.57 Å². The zero-order chi connectivity index (χ0) is 18.5. The standard InChI is InChI=1S/C25H24FN/c26-24-13-11-22(12-14-24)25-15-16-27(18-21-9-5-2-6-10-21)19-23(25)17-20-7-3-1-4-8-20/h1-15,23H,16-19H2. The summed E-state index contributed by atoms with van der Waals surface area (Å²) in [5.74, 6) is 0.218. The van der Waals surface area contributed by atoms with E-state index in [4.69, 9.17) is 0 Å². The molecule has 0 spiro atoms. The lowest BCUT2D eigenvalue weighted by Crippen LogP contribution is -2.34. The summed E-state index contributed by atoms with van der Waals surface area (Å²) in [5, 5.41) is 0. The van der Waals surface area contributed by atoms with E-state index in [1.165, 1.54) is 16.7 Å². The van der Waals surface area contributed by atoms with Crippen LogP contribution in [0.3, 0.4) is 0 Å². The van der Waals surface area contributed by atoms with Crippen LogP contribution in [0.2, 0.25) is 0 Å². The third kappa shape index (κ3) is 4.53. The van der Waals surface area contributed by atoms with Gasteiger partial charge in [-0.05, 0) is 40.8 Å². The van der Waals surface area contributed by atoms with Crippen molar-refractivity contribution in [3.8, 4) is 0 Å². The van der Waals surface area contributed by atoms with Crippen LogP contribution < -0.4 is 0 Å². The Morgan fingerprint density at radius 2 is 1.41 bits per heavy atom. The van der Waals surface area contributed by atoms with Gasteiger partial charge in [-0.15, -0.1) is 0 Å². The molecule has 1 aliphatic rings. The molecule has 27 heavy (non-hydrogen) atoms. The van der Waals surface area contributed by atoms with Gasteiger partial charge < -0.3 is 0 Å². The molecular weight excluding hydrogens is 333 g/mol. The molecule has 136 valence electrons. The molecule has 1 nitrogen and oxygen atoms in total. The summed E-state index contributed by atoms with van der Waals surface area (Å²) < 4.78 is 13.4. The SMILES string of the molecule is Fc1ccc(C2=CCN(Cc3ccccc3)CC2Cc2ccccc2)cc1. The largest absolute Gasteiger partial charge is 0.295 e. The number of rotatable bonds is 5. The maximum Gasteiger partial charge on any atom is 0.123 e. The minimum Gasteiger partial charge on any atom is -0.295 e. The monoisotopic (exact) mass is 357 g/mol. The summed E-state index contributed by atoms with van der Waals surface area (Å²) >= 11 is 0. The van der Waals surface area contributed by atoms with Crippen molar-refractivity contribution in [2.24, 2.45) is 5.92 Å². The van der Waals surface area contributed by atoms with Crippen molar-refractivity contribution in [1.82, 2.24) is 4.90 Å². The van der Waals surface area contributed by atoms with Crippen molar-refractivity contribution in [3.05, 3.63) is 114 Å². The molecule has 1 atom stereocenters. The Kier molecular flexibility index (Phi) is 5.45. The summed E-state index contributed by atoms with van der Waals surface area (Å²) in [4.78, 5) is 2.50. The zero-order valence-electron chi connectivity index (χ0n) is 15.4. The van der Waals surface area contributed by atoms with E-state index in [9.17, 15) is 4.39 Å². The minimum atomic E-state index is -0.180. The van der Waals surface area contributed by atoms with Gasteiger partial charge in [0, 0.05) is 25.6 Å². The van der Waals surface area contributed by atoms with E-state index in [1.807, 2.05) is 12.1 Å². The van der Waals surface area contributed by atoms with E-state index in [-0.39, 0.29) is 5.82 Å². The first kappa shape index (κ1) is 17.7. The highest BCUT2D eigenvalue weighted by Crippen LogP contribution is 2.31. The van der Waals surface area contributed by atoms with Gasteiger partial charge in [0.05, 0.1) is 0 Å². The van der Waals surface area contributed by atoms with Crippen LogP contribution in [0.1, 0.15) is 16.7 Å². The highest BCUT2D eigenvalue weighted by atomic mass is 19.1. The molecule has 0 aromatic heterocycles. The molecule has 0 fully saturated rings. The predicted octanol–water partition coefficient (Wildman–Crippen LogP) is 5.58. The van der Waals surface area contributed by atoms with Crippen LogP contribution in [-0.2, 0) is 13.0 Å².